The standard InChI is InChI=1S/C9H6ClFO2/c1-5(13)8-3-7(10)2-6(4-12)9(8)11/h2-4H,1H3. The summed E-state index contributed by atoms with van der Waals surface area (Å²) in [6.07, 6.45) is 0.327. The number of hydrogen-bond acceptors (Lipinski definition) is 2. The van der Waals surface area contributed by atoms with Crippen LogP contribution in [0.5, 0.6) is 0 Å². The summed E-state index contributed by atoms with van der Waals surface area (Å²) in [5.41, 5.74) is -0.354. The van der Waals surface area contributed by atoms with E-state index >= 15 is 0 Å². The Morgan fingerprint density at radius 3 is 2.62 bits per heavy atom. The van der Waals surface area contributed by atoms with Gasteiger partial charge in [0.25, 0.3) is 0 Å². The normalized spacial score (nSPS) is 9.77. The molecule has 1 aromatic carbocycles. The van der Waals surface area contributed by atoms with Crippen LogP contribution >= 0.6 is 11.6 Å². The van der Waals surface area contributed by atoms with Gasteiger partial charge in [-0.15, -0.1) is 0 Å². The molecule has 13 heavy (non-hydrogen) atoms. The zero-order valence-corrected chi connectivity index (χ0v) is 7.56. The minimum atomic E-state index is -0.813. The van der Waals surface area contributed by atoms with Gasteiger partial charge in [-0.25, -0.2) is 4.39 Å². The maximum atomic E-state index is 13.2. The Kier molecular flexibility index (Phi) is 2.78. The van der Waals surface area contributed by atoms with Crippen molar-refractivity contribution in [3.63, 3.8) is 0 Å². The summed E-state index contributed by atoms with van der Waals surface area (Å²) in [4.78, 5) is 21.2. The van der Waals surface area contributed by atoms with Gasteiger partial charge in [-0.05, 0) is 19.1 Å². The van der Waals surface area contributed by atoms with Gasteiger partial charge < -0.3 is 0 Å². The van der Waals surface area contributed by atoms with Crippen molar-refractivity contribution >= 4 is 23.7 Å². The number of Topliss-reactive ketones (excluding diaryl/α,β-unsaturated/α-hetero) is 1. The Morgan fingerprint density at radius 1 is 1.54 bits per heavy atom. The molecule has 0 unspecified atom stereocenters. The van der Waals surface area contributed by atoms with E-state index in [0.717, 1.165) is 0 Å². The molecule has 0 fully saturated rings. The number of aldehydes is 1. The Morgan fingerprint density at radius 2 is 2.15 bits per heavy atom. The maximum Gasteiger partial charge on any atom is 0.162 e. The molecule has 0 amide bonds. The highest BCUT2D eigenvalue weighted by atomic mass is 35.5. The van der Waals surface area contributed by atoms with Crippen molar-refractivity contribution in [1.82, 2.24) is 0 Å². The number of benzene rings is 1. The van der Waals surface area contributed by atoms with Gasteiger partial charge in [0, 0.05) is 5.02 Å². The van der Waals surface area contributed by atoms with Gasteiger partial charge in [-0.2, -0.15) is 0 Å². The summed E-state index contributed by atoms with van der Waals surface area (Å²) in [6.45, 7) is 1.21. The Bertz CT molecular complexity index is 374. The van der Waals surface area contributed by atoms with Crippen LogP contribution in [0.2, 0.25) is 5.02 Å². The monoisotopic (exact) mass is 200 g/mol. The van der Waals surface area contributed by atoms with E-state index in [1.807, 2.05) is 0 Å². The second-order valence-corrected chi connectivity index (χ2v) is 2.97. The van der Waals surface area contributed by atoms with Crippen LogP contribution in [0.1, 0.15) is 27.6 Å². The van der Waals surface area contributed by atoms with E-state index in [1.54, 1.807) is 0 Å². The first kappa shape index (κ1) is 9.86. The van der Waals surface area contributed by atoms with Gasteiger partial charge in [-0.1, -0.05) is 11.6 Å². The lowest BCUT2D eigenvalue weighted by atomic mass is 10.1. The second kappa shape index (κ2) is 3.66. The molecule has 0 aliphatic rings. The molecule has 1 rings (SSSR count). The second-order valence-electron chi connectivity index (χ2n) is 2.53. The fraction of sp³-hybridized carbons (Fsp3) is 0.111. The predicted molar refractivity (Wildman–Crippen MR) is 46.8 cm³/mol. The van der Waals surface area contributed by atoms with Crippen LogP contribution in [0, 0.1) is 5.82 Å². The summed E-state index contributed by atoms with van der Waals surface area (Å²) in [5, 5.41) is 0.175. The van der Waals surface area contributed by atoms with Gasteiger partial charge in [-0.3, -0.25) is 9.59 Å². The molecule has 0 saturated carbocycles. The lowest BCUT2D eigenvalue weighted by Gasteiger charge is -2.01. The van der Waals surface area contributed by atoms with Crippen LogP contribution in [0.25, 0.3) is 0 Å². The Hall–Kier alpha value is -1.22. The number of ketones is 1. The van der Waals surface area contributed by atoms with E-state index in [-0.39, 0.29) is 16.1 Å². The van der Waals surface area contributed by atoms with E-state index in [9.17, 15) is 14.0 Å². The van der Waals surface area contributed by atoms with Crippen molar-refractivity contribution in [3.05, 3.63) is 34.1 Å². The minimum Gasteiger partial charge on any atom is -0.298 e. The molecule has 0 N–H and O–H groups in total. The molecular weight excluding hydrogens is 195 g/mol. The average Bonchev–Trinajstić information content (AvgIpc) is 2.08. The third-order valence-corrected chi connectivity index (χ3v) is 1.79. The first-order valence-corrected chi connectivity index (χ1v) is 3.89. The molecule has 0 radical (unpaired) electrons. The topological polar surface area (TPSA) is 34.1 Å². The van der Waals surface area contributed by atoms with Gasteiger partial charge in [0.15, 0.2) is 12.1 Å². The highest BCUT2D eigenvalue weighted by Crippen LogP contribution is 2.19. The number of halogens is 2. The van der Waals surface area contributed by atoms with E-state index in [4.69, 9.17) is 11.6 Å². The molecule has 0 saturated heterocycles. The molecule has 0 aliphatic carbocycles. The smallest absolute Gasteiger partial charge is 0.162 e. The highest BCUT2D eigenvalue weighted by molar-refractivity contribution is 6.31. The third-order valence-electron chi connectivity index (χ3n) is 1.57. The average molecular weight is 201 g/mol. The zero-order chi connectivity index (χ0) is 10.0. The fourth-order valence-electron chi connectivity index (χ4n) is 0.952. The first-order valence-electron chi connectivity index (χ1n) is 3.51. The van der Waals surface area contributed by atoms with Crippen molar-refractivity contribution in [3.8, 4) is 0 Å². The lowest BCUT2D eigenvalue weighted by molar-refractivity contribution is 0.101. The number of carbonyl (C=O) groups is 2. The summed E-state index contributed by atoms with van der Waals surface area (Å²) >= 11 is 5.57. The molecular formula is C9H6ClFO2. The third kappa shape index (κ3) is 1.92. The largest absolute Gasteiger partial charge is 0.298 e. The van der Waals surface area contributed by atoms with E-state index < -0.39 is 11.6 Å². The van der Waals surface area contributed by atoms with Crippen LogP contribution < -0.4 is 0 Å². The van der Waals surface area contributed by atoms with Crippen molar-refractivity contribution in [2.24, 2.45) is 0 Å². The molecule has 0 aromatic heterocycles. The summed E-state index contributed by atoms with van der Waals surface area (Å²) in [7, 11) is 0. The molecule has 68 valence electrons. The van der Waals surface area contributed by atoms with Crippen LogP contribution in [0.4, 0.5) is 4.39 Å². The van der Waals surface area contributed by atoms with E-state index in [1.165, 1.54) is 19.1 Å². The summed E-state index contributed by atoms with van der Waals surface area (Å²) < 4.78 is 13.2. The van der Waals surface area contributed by atoms with E-state index in [0.29, 0.717) is 6.29 Å². The van der Waals surface area contributed by atoms with Crippen molar-refractivity contribution in [2.75, 3.05) is 0 Å². The van der Waals surface area contributed by atoms with Crippen molar-refractivity contribution < 1.29 is 14.0 Å². The number of carbonyl (C=O) groups excluding carboxylic acids is 2. The van der Waals surface area contributed by atoms with Crippen molar-refractivity contribution in [2.45, 2.75) is 6.92 Å². The van der Waals surface area contributed by atoms with Crippen LogP contribution in [0.3, 0.4) is 0 Å². The molecule has 4 heteroatoms. The molecule has 2 nitrogen and oxygen atoms in total. The van der Waals surface area contributed by atoms with Crippen LogP contribution in [-0.4, -0.2) is 12.1 Å². The van der Waals surface area contributed by atoms with Crippen LogP contribution in [-0.2, 0) is 0 Å². The molecule has 0 bridgehead atoms. The molecule has 1 aromatic rings. The quantitative estimate of drug-likeness (QED) is 0.543. The SMILES string of the molecule is CC(=O)c1cc(Cl)cc(C=O)c1F. The highest BCUT2D eigenvalue weighted by Gasteiger charge is 2.12. The lowest BCUT2D eigenvalue weighted by Crippen LogP contribution is -2.00. The van der Waals surface area contributed by atoms with E-state index in [2.05, 4.69) is 0 Å². The number of hydrogen-bond donors (Lipinski definition) is 0. The van der Waals surface area contributed by atoms with Gasteiger partial charge in [0.1, 0.15) is 5.82 Å². The minimum absolute atomic E-state index is 0.158. The number of rotatable bonds is 2. The molecule has 0 heterocycles. The molecule has 0 atom stereocenters. The Balaban J connectivity index is 3.44. The summed E-state index contributed by atoms with van der Waals surface area (Å²) in [6, 6.07) is 2.38. The summed E-state index contributed by atoms with van der Waals surface area (Å²) in [5.74, 6) is -1.27. The fourth-order valence-corrected chi connectivity index (χ4v) is 1.18. The Labute approximate surface area is 79.3 Å². The van der Waals surface area contributed by atoms with Crippen LogP contribution in [0.15, 0.2) is 12.1 Å². The van der Waals surface area contributed by atoms with Gasteiger partial charge in [0.2, 0.25) is 0 Å². The molecule has 0 aliphatic heterocycles. The maximum absolute atomic E-state index is 13.2. The first-order chi connectivity index (χ1) is 6.06. The zero-order valence-electron chi connectivity index (χ0n) is 6.80. The van der Waals surface area contributed by atoms with Gasteiger partial charge in [0.05, 0.1) is 11.1 Å². The predicted octanol–water partition coefficient (Wildman–Crippen LogP) is 2.49. The van der Waals surface area contributed by atoms with Crippen molar-refractivity contribution in [1.29, 1.82) is 0 Å². The molecule has 0 spiro atoms. The van der Waals surface area contributed by atoms with Gasteiger partial charge >= 0.3 is 0 Å².